The Morgan fingerprint density at radius 3 is 2.37 bits per heavy atom. The average molecular weight is 300 g/mol. The van der Waals surface area contributed by atoms with E-state index in [1.807, 2.05) is 0 Å². The molecule has 0 amide bonds. The molecular formula is C9H11F3N2O4S. The lowest BCUT2D eigenvalue weighted by Gasteiger charge is -2.16. The van der Waals surface area contributed by atoms with Gasteiger partial charge in [0.05, 0.1) is 0 Å². The van der Waals surface area contributed by atoms with E-state index in [4.69, 9.17) is 5.11 Å². The Kier molecular flexibility index (Phi) is 3.96. The number of rotatable bonds is 4. The van der Waals surface area contributed by atoms with Crippen molar-refractivity contribution in [2.45, 2.75) is 24.0 Å². The van der Waals surface area contributed by atoms with Crippen LogP contribution < -0.4 is 4.72 Å². The summed E-state index contributed by atoms with van der Waals surface area (Å²) in [4.78, 5) is 10.2. The van der Waals surface area contributed by atoms with Crippen LogP contribution >= 0.6 is 0 Å². The summed E-state index contributed by atoms with van der Waals surface area (Å²) in [6.07, 6.45) is -3.80. The Labute approximate surface area is 106 Å². The van der Waals surface area contributed by atoms with Crippen LogP contribution in [-0.2, 0) is 17.1 Å². The summed E-state index contributed by atoms with van der Waals surface area (Å²) in [5, 5.41) is 8.74. The van der Waals surface area contributed by atoms with E-state index >= 15 is 0 Å². The van der Waals surface area contributed by atoms with Crippen molar-refractivity contribution >= 4 is 16.0 Å². The summed E-state index contributed by atoms with van der Waals surface area (Å²) in [6, 6.07) is -1.49. The van der Waals surface area contributed by atoms with Crippen LogP contribution in [0.4, 0.5) is 13.2 Å². The minimum atomic E-state index is -4.72. The van der Waals surface area contributed by atoms with Crippen molar-refractivity contribution < 1.29 is 31.5 Å². The van der Waals surface area contributed by atoms with Crippen molar-refractivity contribution in [3.05, 3.63) is 18.0 Å². The summed E-state index contributed by atoms with van der Waals surface area (Å²) in [7, 11) is -3.16. The van der Waals surface area contributed by atoms with Gasteiger partial charge in [0.2, 0.25) is 10.0 Å². The molecule has 0 aromatic carbocycles. The van der Waals surface area contributed by atoms with Gasteiger partial charge in [-0.25, -0.2) is 13.2 Å². The lowest BCUT2D eigenvalue weighted by atomic mass is 10.4. The molecule has 0 radical (unpaired) electrons. The first kappa shape index (κ1) is 15.5. The molecule has 0 fully saturated rings. The molecule has 1 aromatic heterocycles. The Bertz CT molecular complexity index is 591. The van der Waals surface area contributed by atoms with Gasteiger partial charge in [0, 0.05) is 13.2 Å². The van der Waals surface area contributed by atoms with Gasteiger partial charge in [-0.2, -0.15) is 17.9 Å². The summed E-state index contributed by atoms with van der Waals surface area (Å²) < 4.78 is 62.6. The zero-order chi connectivity index (χ0) is 15.0. The molecule has 2 N–H and O–H groups in total. The third-order valence-electron chi connectivity index (χ3n) is 2.33. The molecule has 6 nitrogen and oxygen atoms in total. The molecule has 0 saturated heterocycles. The largest absolute Gasteiger partial charge is 0.477 e. The topological polar surface area (TPSA) is 88.4 Å². The number of alkyl halides is 3. The van der Waals surface area contributed by atoms with Gasteiger partial charge in [-0.3, -0.25) is 0 Å². The third-order valence-corrected chi connectivity index (χ3v) is 3.84. The maximum Gasteiger partial charge on any atom is 0.404 e. The second kappa shape index (κ2) is 4.85. The van der Waals surface area contributed by atoms with E-state index in [0.717, 1.165) is 16.8 Å². The lowest BCUT2D eigenvalue weighted by Crippen LogP contribution is -2.42. The monoisotopic (exact) mass is 300 g/mol. The number of carbonyl (C=O) groups is 1. The summed E-state index contributed by atoms with van der Waals surface area (Å²) in [6.45, 7) is 0.651. The predicted molar refractivity (Wildman–Crippen MR) is 58.2 cm³/mol. The van der Waals surface area contributed by atoms with Crippen LogP contribution in [-0.4, -0.2) is 36.3 Å². The fourth-order valence-electron chi connectivity index (χ4n) is 1.26. The highest BCUT2D eigenvalue weighted by molar-refractivity contribution is 7.89. The molecule has 108 valence electrons. The number of hydrogen-bond acceptors (Lipinski definition) is 3. The van der Waals surface area contributed by atoms with Gasteiger partial charge in [0.1, 0.15) is 16.6 Å². The first-order chi connectivity index (χ1) is 8.45. The summed E-state index contributed by atoms with van der Waals surface area (Å²) in [5.74, 6) is -1.38. The van der Waals surface area contributed by atoms with Crippen LogP contribution in [0, 0.1) is 0 Å². The molecule has 0 aliphatic heterocycles. The average Bonchev–Trinajstić information content (AvgIpc) is 2.58. The highest BCUT2D eigenvalue weighted by Gasteiger charge is 2.39. The van der Waals surface area contributed by atoms with Crippen molar-refractivity contribution in [2.24, 2.45) is 7.05 Å². The zero-order valence-corrected chi connectivity index (χ0v) is 10.7. The fourth-order valence-corrected chi connectivity index (χ4v) is 2.56. The molecule has 0 saturated carbocycles. The molecule has 0 unspecified atom stereocenters. The number of halogens is 3. The first-order valence-corrected chi connectivity index (χ1v) is 6.42. The van der Waals surface area contributed by atoms with Crippen molar-refractivity contribution in [3.63, 3.8) is 0 Å². The molecule has 1 aromatic rings. The van der Waals surface area contributed by atoms with Gasteiger partial charge in [-0.05, 0) is 13.0 Å². The molecule has 10 heteroatoms. The normalized spacial score (nSPS) is 14.4. The number of aryl methyl sites for hydroxylation is 1. The number of carboxylic acids is 1. The highest BCUT2D eigenvalue weighted by atomic mass is 32.2. The molecule has 19 heavy (non-hydrogen) atoms. The van der Waals surface area contributed by atoms with Crippen LogP contribution in [0.5, 0.6) is 0 Å². The van der Waals surface area contributed by atoms with E-state index in [9.17, 15) is 26.4 Å². The fraction of sp³-hybridized carbons (Fsp3) is 0.444. The molecule has 1 atom stereocenters. The smallest absolute Gasteiger partial charge is 0.404 e. The number of nitrogens with one attached hydrogen (secondary N) is 1. The SMILES string of the molecule is C[C@@H](NS(=O)(=O)c1cc(C(=O)O)n(C)c1)C(F)(F)F. The Balaban J connectivity index is 3.08. The van der Waals surface area contributed by atoms with Crippen LogP contribution in [0.1, 0.15) is 17.4 Å². The minimum Gasteiger partial charge on any atom is -0.477 e. The Morgan fingerprint density at radius 1 is 1.47 bits per heavy atom. The van der Waals surface area contributed by atoms with Crippen LogP contribution in [0.2, 0.25) is 0 Å². The molecule has 0 aliphatic carbocycles. The lowest BCUT2D eigenvalue weighted by molar-refractivity contribution is -0.147. The van der Waals surface area contributed by atoms with E-state index in [1.165, 1.54) is 11.8 Å². The number of nitrogens with zero attached hydrogens (tertiary/aromatic N) is 1. The minimum absolute atomic E-state index is 0.347. The van der Waals surface area contributed by atoms with Gasteiger partial charge in [0.15, 0.2) is 0 Å². The Hall–Kier alpha value is -1.55. The maximum atomic E-state index is 12.3. The molecule has 0 aliphatic rings. The van der Waals surface area contributed by atoms with Gasteiger partial charge in [-0.1, -0.05) is 0 Å². The summed E-state index contributed by atoms with van der Waals surface area (Å²) in [5.41, 5.74) is -0.347. The number of hydrogen-bond donors (Lipinski definition) is 2. The van der Waals surface area contributed by atoms with E-state index < -0.39 is 33.1 Å². The van der Waals surface area contributed by atoms with Crippen molar-refractivity contribution in [1.82, 2.24) is 9.29 Å². The maximum absolute atomic E-state index is 12.3. The van der Waals surface area contributed by atoms with Crippen LogP contribution in [0.3, 0.4) is 0 Å². The van der Waals surface area contributed by atoms with Gasteiger partial charge >= 0.3 is 12.1 Å². The standard InChI is InChI=1S/C9H11F3N2O4S/c1-5(9(10,11)12)13-19(17,18)6-3-7(8(15)16)14(2)4-6/h3-5,13H,1-2H3,(H,15,16)/t5-/m1/s1. The first-order valence-electron chi connectivity index (χ1n) is 4.94. The molecular weight excluding hydrogens is 289 g/mol. The van der Waals surface area contributed by atoms with Crippen molar-refractivity contribution in [2.75, 3.05) is 0 Å². The van der Waals surface area contributed by atoms with E-state index in [1.54, 1.807) is 0 Å². The van der Waals surface area contributed by atoms with Crippen LogP contribution in [0.15, 0.2) is 17.2 Å². The quantitative estimate of drug-likeness (QED) is 0.866. The van der Waals surface area contributed by atoms with Gasteiger partial charge in [-0.15, -0.1) is 0 Å². The van der Waals surface area contributed by atoms with Crippen molar-refractivity contribution in [3.8, 4) is 0 Å². The summed E-state index contributed by atoms with van der Waals surface area (Å²) >= 11 is 0. The number of aromatic nitrogens is 1. The van der Waals surface area contributed by atoms with Gasteiger partial charge < -0.3 is 9.67 Å². The number of sulfonamides is 1. The number of aromatic carboxylic acids is 1. The van der Waals surface area contributed by atoms with E-state index in [0.29, 0.717) is 6.92 Å². The second-order valence-electron chi connectivity index (χ2n) is 3.86. The van der Waals surface area contributed by atoms with Crippen molar-refractivity contribution in [1.29, 1.82) is 0 Å². The number of carboxylic acid groups (broad SMARTS) is 1. The molecule has 0 spiro atoms. The van der Waals surface area contributed by atoms with E-state index in [-0.39, 0.29) is 5.69 Å². The third kappa shape index (κ3) is 3.47. The molecule has 1 rings (SSSR count). The Morgan fingerprint density at radius 2 is 2.00 bits per heavy atom. The predicted octanol–water partition coefficient (Wildman–Crippen LogP) is 0.952. The van der Waals surface area contributed by atoms with Crippen LogP contribution in [0.25, 0.3) is 0 Å². The van der Waals surface area contributed by atoms with E-state index in [2.05, 4.69) is 0 Å². The second-order valence-corrected chi connectivity index (χ2v) is 5.58. The molecule has 1 heterocycles. The molecule has 0 bridgehead atoms. The van der Waals surface area contributed by atoms with Gasteiger partial charge in [0.25, 0.3) is 0 Å². The highest BCUT2D eigenvalue weighted by Crippen LogP contribution is 2.22. The zero-order valence-electron chi connectivity index (χ0n) is 9.89.